The second kappa shape index (κ2) is 4.72. The minimum atomic E-state index is 0.732. The first-order valence-corrected chi connectivity index (χ1v) is 7.75. The molecule has 2 N–H and O–H groups in total. The van der Waals surface area contributed by atoms with E-state index in [-0.39, 0.29) is 0 Å². The van der Waals surface area contributed by atoms with Gasteiger partial charge < -0.3 is 5.73 Å². The summed E-state index contributed by atoms with van der Waals surface area (Å²) in [6.07, 6.45) is 0. The van der Waals surface area contributed by atoms with E-state index in [2.05, 4.69) is 23.2 Å². The second-order valence-corrected chi connectivity index (χ2v) is 6.30. The molecule has 0 aliphatic heterocycles. The molecule has 0 saturated carbocycles. The number of nitrogens with zero attached hydrogens (tertiary/aromatic N) is 1. The van der Waals surface area contributed by atoms with Crippen LogP contribution in [-0.2, 0) is 0 Å². The topological polar surface area (TPSA) is 38.9 Å². The molecule has 4 rings (SSSR count). The molecule has 0 amide bonds. The van der Waals surface area contributed by atoms with Gasteiger partial charge >= 0.3 is 0 Å². The van der Waals surface area contributed by atoms with Crippen LogP contribution in [0, 0.1) is 0 Å². The minimum absolute atomic E-state index is 0.732. The molecular weight excluding hydrogens is 300 g/mol. The van der Waals surface area contributed by atoms with E-state index in [0.29, 0.717) is 0 Å². The largest absolute Gasteiger partial charge is 0.398 e. The SMILES string of the molecule is Nc1cc2ccccc2cc1-c1nc2cccc(Cl)c2s1. The molecule has 0 aliphatic rings. The van der Waals surface area contributed by atoms with Gasteiger partial charge in [0.15, 0.2) is 0 Å². The zero-order valence-electron chi connectivity index (χ0n) is 11.0. The fourth-order valence-corrected chi connectivity index (χ4v) is 3.77. The Morgan fingerprint density at radius 3 is 2.48 bits per heavy atom. The predicted octanol–water partition coefficient (Wildman–Crippen LogP) is 5.35. The Kier molecular flexibility index (Phi) is 2.84. The van der Waals surface area contributed by atoms with Gasteiger partial charge in [-0.2, -0.15) is 0 Å². The van der Waals surface area contributed by atoms with Crippen molar-refractivity contribution in [1.29, 1.82) is 0 Å². The Labute approximate surface area is 130 Å². The molecule has 0 unspecified atom stereocenters. The molecular formula is C17H11ClN2S. The van der Waals surface area contributed by atoms with Crippen molar-refractivity contribution >= 4 is 49.6 Å². The van der Waals surface area contributed by atoms with Crippen molar-refractivity contribution < 1.29 is 0 Å². The molecule has 1 heterocycles. The summed E-state index contributed by atoms with van der Waals surface area (Å²) < 4.78 is 1.00. The van der Waals surface area contributed by atoms with E-state index in [0.717, 1.165) is 42.3 Å². The first-order chi connectivity index (χ1) is 10.2. The van der Waals surface area contributed by atoms with Gasteiger partial charge in [-0.3, -0.25) is 0 Å². The van der Waals surface area contributed by atoms with Gasteiger partial charge in [0.1, 0.15) is 5.01 Å². The van der Waals surface area contributed by atoms with E-state index >= 15 is 0 Å². The normalized spacial score (nSPS) is 11.3. The van der Waals surface area contributed by atoms with Gasteiger partial charge in [-0.25, -0.2) is 4.98 Å². The van der Waals surface area contributed by atoms with Crippen LogP contribution in [0.4, 0.5) is 5.69 Å². The number of anilines is 1. The first-order valence-electron chi connectivity index (χ1n) is 6.56. The third-order valence-corrected chi connectivity index (χ3v) is 5.08. The highest BCUT2D eigenvalue weighted by molar-refractivity contribution is 7.22. The highest BCUT2D eigenvalue weighted by Crippen LogP contribution is 2.38. The first kappa shape index (κ1) is 12.6. The highest BCUT2D eigenvalue weighted by atomic mass is 35.5. The zero-order chi connectivity index (χ0) is 14.4. The molecule has 102 valence electrons. The Morgan fingerprint density at radius 1 is 0.952 bits per heavy atom. The highest BCUT2D eigenvalue weighted by Gasteiger charge is 2.12. The van der Waals surface area contributed by atoms with Gasteiger partial charge in [0.05, 0.1) is 15.2 Å². The van der Waals surface area contributed by atoms with Gasteiger partial charge in [-0.05, 0) is 35.0 Å². The smallest absolute Gasteiger partial charge is 0.126 e. The molecule has 0 aliphatic carbocycles. The van der Waals surface area contributed by atoms with Gasteiger partial charge in [-0.1, -0.05) is 41.9 Å². The van der Waals surface area contributed by atoms with Gasteiger partial charge in [0.2, 0.25) is 0 Å². The van der Waals surface area contributed by atoms with E-state index in [1.807, 2.05) is 36.4 Å². The van der Waals surface area contributed by atoms with Crippen molar-refractivity contribution in [2.24, 2.45) is 0 Å². The maximum Gasteiger partial charge on any atom is 0.126 e. The Balaban J connectivity index is 1.99. The number of fused-ring (bicyclic) bond motifs is 2. The second-order valence-electron chi connectivity index (χ2n) is 4.89. The molecule has 3 aromatic carbocycles. The summed E-state index contributed by atoms with van der Waals surface area (Å²) in [5.74, 6) is 0. The van der Waals surface area contributed by atoms with Gasteiger partial charge in [0.25, 0.3) is 0 Å². The van der Waals surface area contributed by atoms with Crippen LogP contribution < -0.4 is 5.73 Å². The van der Waals surface area contributed by atoms with Crippen LogP contribution in [0.5, 0.6) is 0 Å². The molecule has 4 heteroatoms. The number of thiazole rings is 1. The Morgan fingerprint density at radius 2 is 1.71 bits per heavy atom. The maximum absolute atomic E-state index is 6.23. The summed E-state index contributed by atoms with van der Waals surface area (Å²) >= 11 is 7.81. The number of hydrogen-bond donors (Lipinski definition) is 1. The van der Waals surface area contributed by atoms with Crippen molar-refractivity contribution in [3.05, 3.63) is 59.6 Å². The van der Waals surface area contributed by atoms with Crippen molar-refractivity contribution in [3.63, 3.8) is 0 Å². The van der Waals surface area contributed by atoms with Crippen LogP contribution in [0.1, 0.15) is 0 Å². The van der Waals surface area contributed by atoms with Crippen LogP contribution in [0.3, 0.4) is 0 Å². The lowest BCUT2D eigenvalue weighted by molar-refractivity contribution is 1.48. The molecule has 0 atom stereocenters. The molecule has 4 aromatic rings. The lowest BCUT2D eigenvalue weighted by Gasteiger charge is -2.05. The molecule has 1 aromatic heterocycles. The number of rotatable bonds is 1. The van der Waals surface area contributed by atoms with Gasteiger partial charge in [-0.15, -0.1) is 11.3 Å². The third kappa shape index (κ3) is 2.06. The monoisotopic (exact) mass is 310 g/mol. The number of nitrogens with two attached hydrogens (primary N) is 1. The molecule has 0 bridgehead atoms. The van der Waals surface area contributed by atoms with Crippen molar-refractivity contribution in [2.75, 3.05) is 5.73 Å². The Bertz CT molecular complexity index is 975. The van der Waals surface area contributed by atoms with Crippen molar-refractivity contribution in [2.45, 2.75) is 0 Å². The summed E-state index contributed by atoms with van der Waals surface area (Å²) in [7, 11) is 0. The van der Waals surface area contributed by atoms with E-state index in [1.165, 1.54) is 0 Å². The molecule has 0 radical (unpaired) electrons. The zero-order valence-corrected chi connectivity index (χ0v) is 12.6. The standard InChI is InChI=1S/C17H11ClN2S/c18-13-6-3-7-15-16(13)21-17(20-15)12-8-10-4-1-2-5-11(10)9-14(12)19/h1-9H,19H2. The molecule has 21 heavy (non-hydrogen) atoms. The predicted molar refractivity (Wildman–Crippen MR) is 92.0 cm³/mol. The maximum atomic E-state index is 6.23. The van der Waals surface area contributed by atoms with Crippen LogP contribution >= 0.6 is 22.9 Å². The number of aromatic nitrogens is 1. The van der Waals surface area contributed by atoms with Crippen LogP contribution in [-0.4, -0.2) is 4.98 Å². The number of hydrogen-bond acceptors (Lipinski definition) is 3. The number of nitrogen functional groups attached to an aromatic ring is 1. The van der Waals surface area contributed by atoms with E-state index in [4.69, 9.17) is 17.3 Å². The minimum Gasteiger partial charge on any atom is -0.398 e. The summed E-state index contributed by atoms with van der Waals surface area (Å²) in [5, 5.41) is 3.93. The average molecular weight is 311 g/mol. The van der Waals surface area contributed by atoms with E-state index in [9.17, 15) is 0 Å². The number of benzene rings is 3. The molecule has 0 spiro atoms. The van der Waals surface area contributed by atoms with E-state index in [1.54, 1.807) is 11.3 Å². The third-order valence-electron chi connectivity index (χ3n) is 3.52. The average Bonchev–Trinajstić information content (AvgIpc) is 2.92. The number of halogens is 1. The lowest BCUT2D eigenvalue weighted by atomic mass is 10.1. The summed E-state index contributed by atoms with van der Waals surface area (Å²) in [4.78, 5) is 4.67. The van der Waals surface area contributed by atoms with Crippen LogP contribution in [0.15, 0.2) is 54.6 Å². The molecule has 0 fully saturated rings. The van der Waals surface area contributed by atoms with Crippen LogP contribution in [0.2, 0.25) is 5.02 Å². The summed E-state index contributed by atoms with van der Waals surface area (Å²) in [6, 6.07) is 18.0. The molecule has 2 nitrogen and oxygen atoms in total. The summed E-state index contributed by atoms with van der Waals surface area (Å²) in [5.41, 5.74) is 8.83. The van der Waals surface area contributed by atoms with Crippen LogP contribution in [0.25, 0.3) is 31.6 Å². The fraction of sp³-hybridized carbons (Fsp3) is 0. The quantitative estimate of drug-likeness (QED) is 0.481. The van der Waals surface area contributed by atoms with Gasteiger partial charge in [0, 0.05) is 11.3 Å². The Hall–Kier alpha value is -2.10. The van der Waals surface area contributed by atoms with Crippen molar-refractivity contribution in [3.8, 4) is 10.6 Å². The fourth-order valence-electron chi connectivity index (χ4n) is 2.47. The van der Waals surface area contributed by atoms with Crippen molar-refractivity contribution in [1.82, 2.24) is 4.98 Å². The van der Waals surface area contributed by atoms with E-state index < -0.39 is 0 Å². The summed E-state index contributed by atoms with van der Waals surface area (Å²) in [6.45, 7) is 0. The molecule has 0 saturated heterocycles. The lowest BCUT2D eigenvalue weighted by Crippen LogP contribution is -1.90.